The first-order valence-electron chi connectivity index (χ1n) is 7.92. The minimum absolute atomic E-state index is 0.181. The van der Waals surface area contributed by atoms with Crippen LogP contribution in [0.15, 0.2) is 30.5 Å². The van der Waals surface area contributed by atoms with Crippen molar-refractivity contribution in [1.29, 1.82) is 0 Å². The molecule has 0 aliphatic heterocycles. The van der Waals surface area contributed by atoms with E-state index in [2.05, 4.69) is 25.6 Å². The molecule has 25 heavy (non-hydrogen) atoms. The first kappa shape index (κ1) is 15.3. The van der Waals surface area contributed by atoms with E-state index in [9.17, 15) is 4.79 Å². The second-order valence-corrected chi connectivity index (χ2v) is 5.95. The first-order chi connectivity index (χ1) is 12.0. The van der Waals surface area contributed by atoms with Gasteiger partial charge in [-0.3, -0.25) is 13.9 Å². The van der Waals surface area contributed by atoms with Gasteiger partial charge in [0.15, 0.2) is 17.1 Å². The molecule has 0 bridgehead atoms. The van der Waals surface area contributed by atoms with E-state index in [1.165, 1.54) is 0 Å². The predicted octanol–water partition coefficient (Wildman–Crippen LogP) is 1.56. The van der Waals surface area contributed by atoms with Crippen LogP contribution in [0, 0.1) is 13.8 Å². The van der Waals surface area contributed by atoms with Crippen LogP contribution in [0.2, 0.25) is 0 Å². The Labute approximate surface area is 143 Å². The molecule has 126 valence electrons. The van der Waals surface area contributed by atoms with Crippen molar-refractivity contribution in [3.8, 4) is 0 Å². The van der Waals surface area contributed by atoms with Gasteiger partial charge in [0, 0.05) is 18.9 Å². The molecule has 8 nitrogen and oxygen atoms in total. The fraction of sp³-hybridized carbons (Fsp3) is 0.235. The SMILES string of the molecule is Cc1cc(C(=O)NCc2nnc3ccccn23)c2c(C)nn(C)c2n1. The largest absolute Gasteiger partial charge is 0.345 e. The average Bonchev–Trinajstić information content (AvgIpc) is 3.13. The number of rotatable bonds is 3. The van der Waals surface area contributed by atoms with Gasteiger partial charge in [0.1, 0.15) is 0 Å². The maximum atomic E-state index is 12.8. The highest BCUT2D eigenvalue weighted by Crippen LogP contribution is 2.21. The lowest BCUT2D eigenvalue weighted by Crippen LogP contribution is -2.24. The van der Waals surface area contributed by atoms with Crippen molar-refractivity contribution >= 4 is 22.6 Å². The van der Waals surface area contributed by atoms with Gasteiger partial charge in [-0.1, -0.05) is 6.07 Å². The van der Waals surface area contributed by atoms with Crippen LogP contribution < -0.4 is 5.32 Å². The highest BCUT2D eigenvalue weighted by atomic mass is 16.1. The number of carbonyl (C=O) groups excluding carboxylic acids is 1. The second kappa shape index (κ2) is 5.66. The Kier molecular flexibility index (Phi) is 3.45. The number of aryl methyl sites for hydroxylation is 3. The maximum absolute atomic E-state index is 12.8. The van der Waals surface area contributed by atoms with Crippen molar-refractivity contribution in [3.05, 3.63) is 53.2 Å². The lowest BCUT2D eigenvalue weighted by atomic mass is 10.1. The van der Waals surface area contributed by atoms with E-state index in [0.717, 1.165) is 22.4 Å². The van der Waals surface area contributed by atoms with E-state index >= 15 is 0 Å². The van der Waals surface area contributed by atoms with Crippen LogP contribution in [0.1, 0.15) is 27.6 Å². The Morgan fingerprint density at radius 2 is 2.08 bits per heavy atom. The molecule has 0 aromatic carbocycles. The van der Waals surface area contributed by atoms with Gasteiger partial charge in [0.25, 0.3) is 5.91 Å². The Morgan fingerprint density at radius 1 is 1.24 bits per heavy atom. The van der Waals surface area contributed by atoms with Crippen LogP contribution in [-0.2, 0) is 13.6 Å². The molecule has 0 radical (unpaired) electrons. The Morgan fingerprint density at radius 3 is 2.92 bits per heavy atom. The van der Waals surface area contributed by atoms with Gasteiger partial charge in [0.2, 0.25) is 0 Å². The Hall–Kier alpha value is -3.29. The topological polar surface area (TPSA) is 90.0 Å². The van der Waals surface area contributed by atoms with E-state index in [1.54, 1.807) is 10.7 Å². The first-order valence-corrected chi connectivity index (χ1v) is 7.92. The third-order valence-electron chi connectivity index (χ3n) is 4.13. The molecule has 0 unspecified atom stereocenters. The fourth-order valence-electron chi connectivity index (χ4n) is 3.02. The van der Waals surface area contributed by atoms with Gasteiger partial charge in [-0.05, 0) is 32.0 Å². The van der Waals surface area contributed by atoms with Crippen LogP contribution >= 0.6 is 0 Å². The van der Waals surface area contributed by atoms with Crippen molar-refractivity contribution in [2.45, 2.75) is 20.4 Å². The lowest BCUT2D eigenvalue weighted by Gasteiger charge is -2.07. The standard InChI is InChI=1S/C17H17N7O/c1-10-8-12(15-11(2)22-23(3)16(15)19-10)17(25)18-9-14-21-20-13-6-4-5-7-24(13)14/h4-8H,9H2,1-3H3,(H,18,25). The van der Waals surface area contributed by atoms with Gasteiger partial charge in [-0.15, -0.1) is 10.2 Å². The zero-order valence-electron chi connectivity index (χ0n) is 14.2. The van der Waals surface area contributed by atoms with E-state index in [0.29, 0.717) is 17.0 Å². The molecule has 8 heteroatoms. The summed E-state index contributed by atoms with van der Waals surface area (Å²) < 4.78 is 3.55. The average molecular weight is 335 g/mol. The monoisotopic (exact) mass is 335 g/mol. The third-order valence-corrected chi connectivity index (χ3v) is 4.13. The molecule has 0 saturated carbocycles. The summed E-state index contributed by atoms with van der Waals surface area (Å²) in [5.74, 6) is 0.494. The second-order valence-electron chi connectivity index (χ2n) is 5.95. The molecule has 4 aromatic heterocycles. The number of carbonyl (C=O) groups is 1. The molecule has 1 amide bonds. The zero-order valence-corrected chi connectivity index (χ0v) is 14.2. The molecule has 0 aliphatic carbocycles. The summed E-state index contributed by atoms with van der Waals surface area (Å²) in [4.78, 5) is 17.3. The van der Waals surface area contributed by atoms with Crippen LogP contribution in [-0.4, -0.2) is 35.3 Å². The van der Waals surface area contributed by atoms with Crippen LogP contribution in [0.25, 0.3) is 16.7 Å². The number of aromatic nitrogens is 6. The summed E-state index contributed by atoms with van der Waals surface area (Å²) >= 11 is 0. The van der Waals surface area contributed by atoms with Gasteiger partial charge in [0.05, 0.1) is 23.2 Å². The predicted molar refractivity (Wildman–Crippen MR) is 92.1 cm³/mol. The minimum atomic E-state index is -0.181. The summed E-state index contributed by atoms with van der Waals surface area (Å²) in [6, 6.07) is 7.45. The zero-order chi connectivity index (χ0) is 17.6. The van der Waals surface area contributed by atoms with Crippen molar-refractivity contribution in [1.82, 2.24) is 34.7 Å². The molecular formula is C17H17N7O. The number of pyridine rings is 2. The van der Waals surface area contributed by atoms with Crippen molar-refractivity contribution in [2.75, 3.05) is 0 Å². The van der Waals surface area contributed by atoms with Crippen LogP contribution in [0.5, 0.6) is 0 Å². The molecule has 0 fully saturated rings. The highest BCUT2D eigenvalue weighted by Gasteiger charge is 2.18. The van der Waals surface area contributed by atoms with Crippen molar-refractivity contribution < 1.29 is 4.79 Å². The molecule has 4 aromatic rings. The number of amides is 1. The van der Waals surface area contributed by atoms with E-state index in [-0.39, 0.29) is 12.5 Å². The number of fused-ring (bicyclic) bond motifs is 2. The summed E-state index contributed by atoms with van der Waals surface area (Å²) in [5, 5.41) is 16.3. The maximum Gasteiger partial charge on any atom is 0.252 e. The van der Waals surface area contributed by atoms with E-state index < -0.39 is 0 Å². The summed E-state index contributed by atoms with van der Waals surface area (Å²) in [6.45, 7) is 4.03. The van der Waals surface area contributed by atoms with Crippen molar-refractivity contribution in [2.24, 2.45) is 7.05 Å². The minimum Gasteiger partial charge on any atom is -0.345 e. The molecule has 0 spiro atoms. The molecule has 0 saturated heterocycles. The molecule has 0 atom stereocenters. The van der Waals surface area contributed by atoms with Gasteiger partial charge in [-0.2, -0.15) is 5.10 Å². The smallest absolute Gasteiger partial charge is 0.252 e. The normalized spacial score (nSPS) is 11.3. The summed E-state index contributed by atoms with van der Waals surface area (Å²) in [6.07, 6.45) is 1.87. The van der Waals surface area contributed by atoms with Gasteiger partial charge >= 0.3 is 0 Å². The number of hydrogen-bond acceptors (Lipinski definition) is 5. The molecule has 4 rings (SSSR count). The quantitative estimate of drug-likeness (QED) is 0.613. The molecule has 4 heterocycles. The fourth-order valence-corrected chi connectivity index (χ4v) is 3.02. The molecule has 1 N–H and O–H groups in total. The van der Waals surface area contributed by atoms with Crippen molar-refractivity contribution in [3.63, 3.8) is 0 Å². The Bertz CT molecular complexity index is 1110. The summed E-state index contributed by atoms with van der Waals surface area (Å²) in [7, 11) is 1.83. The van der Waals surface area contributed by atoms with E-state index in [1.807, 2.05) is 49.7 Å². The lowest BCUT2D eigenvalue weighted by molar-refractivity contribution is 0.0951. The Balaban J connectivity index is 1.66. The number of nitrogens with one attached hydrogen (secondary N) is 1. The van der Waals surface area contributed by atoms with E-state index in [4.69, 9.17) is 0 Å². The number of hydrogen-bond donors (Lipinski definition) is 1. The van der Waals surface area contributed by atoms with Crippen LogP contribution in [0.3, 0.4) is 0 Å². The number of nitrogens with zero attached hydrogens (tertiary/aromatic N) is 6. The van der Waals surface area contributed by atoms with Gasteiger partial charge < -0.3 is 5.32 Å². The third kappa shape index (κ3) is 2.51. The van der Waals surface area contributed by atoms with Gasteiger partial charge in [-0.25, -0.2) is 4.98 Å². The van der Waals surface area contributed by atoms with Crippen LogP contribution in [0.4, 0.5) is 0 Å². The molecular weight excluding hydrogens is 318 g/mol. The summed E-state index contributed by atoms with van der Waals surface area (Å²) in [5.41, 5.74) is 3.58. The molecule has 0 aliphatic rings. The highest BCUT2D eigenvalue weighted by molar-refractivity contribution is 6.06.